The summed E-state index contributed by atoms with van der Waals surface area (Å²) >= 11 is 1.37. The van der Waals surface area contributed by atoms with Crippen molar-refractivity contribution in [3.05, 3.63) is 87.9 Å². The van der Waals surface area contributed by atoms with E-state index in [1.165, 1.54) is 35.8 Å². The zero-order chi connectivity index (χ0) is 18.4. The van der Waals surface area contributed by atoms with E-state index >= 15 is 0 Å². The van der Waals surface area contributed by atoms with Crippen molar-refractivity contribution >= 4 is 35.1 Å². The van der Waals surface area contributed by atoms with Crippen LogP contribution in [0.25, 0.3) is 0 Å². The van der Waals surface area contributed by atoms with Gasteiger partial charge in [0.1, 0.15) is 5.82 Å². The van der Waals surface area contributed by atoms with E-state index in [9.17, 15) is 14.0 Å². The summed E-state index contributed by atoms with van der Waals surface area (Å²) in [5, 5.41) is 8.48. The Morgan fingerprint density at radius 2 is 1.81 bits per heavy atom. The molecule has 1 aromatic heterocycles. The number of carbonyl (C=O) groups is 2. The van der Waals surface area contributed by atoms with Crippen LogP contribution >= 0.6 is 11.3 Å². The summed E-state index contributed by atoms with van der Waals surface area (Å²) in [5.41, 5.74) is 3.92. The molecule has 26 heavy (non-hydrogen) atoms. The lowest BCUT2D eigenvalue weighted by atomic mass is 10.2. The van der Waals surface area contributed by atoms with E-state index in [1.54, 1.807) is 30.3 Å². The molecule has 2 N–H and O–H groups in total. The lowest BCUT2D eigenvalue weighted by Crippen LogP contribution is -2.17. The monoisotopic (exact) mass is 367 g/mol. The van der Waals surface area contributed by atoms with Gasteiger partial charge in [-0.2, -0.15) is 5.10 Å². The first-order valence-corrected chi connectivity index (χ1v) is 8.54. The van der Waals surface area contributed by atoms with E-state index in [0.29, 0.717) is 10.6 Å². The SMILES string of the molecule is O=C(NN=Cc1ccc(NC(=O)c2cccs2)cc1)c1cccc(F)c1. The molecule has 2 aromatic carbocycles. The molecular weight excluding hydrogens is 353 g/mol. The molecule has 3 aromatic rings. The summed E-state index contributed by atoms with van der Waals surface area (Å²) in [6.07, 6.45) is 1.46. The molecule has 0 bridgehead atoms. The van der Waals surface area contributed by atoms with Crippen molar-refractivity contribution < 1.29 is 14.0 Å². The van der Waals surface area contributed by atoms with E-state index in [1.807, 2.05) is 11.4 Å². The third kappa shape index (κ3) is 4.61. The maximum Gasteiger partial charge on any atom is 0.271 e. The van der Waals surface area contributed by atoms with Gasteiger partial charge in [0, 0.05) is 11.3 Å². The van der Waals surface area contributed by atoms with Gasteiger partial charge >= 0.3 is 0 Å². The van der Waals surface area contributed by atoms with E-state index in [0.717, 1.165) is 11.6 Å². The summed E-state index contributed by atoms with van der Waals surface area (Å²) in [4.78, 5) is 24.4. The second-order valence-corrected chi connectivity index (χ2v) is 6.21. The molecule has 0 aliphatic rings. The standard InChI is InChI=1S/C19H14FN3O2S/c20-15-4-1-3-14(11-15)18(24)23-21-12-13-6-8-16(9-7-13)22-19(25)17-5-2-10-26-17/h1-12H,(H,22,25)(H,23,24). The Hall–Kier alpha value is -3.32. The molecule has 0 saturated heterocycles. The quantitative estimate of drug-likeness (QED) is 0.530. The number of hydrogen-bond donors (Lipinski definition) is 2. The Kier molecular flexibility index (Phi) is 5.50. The summed E-state index contributed by atoms with van der Waals surface area (Å²) < 4.78 is 13.1. The second-order valence-electron chi connectivity index (χ2n) is 5.26. The van der Waals surface area contributed by atoms with Crippen LogP contribution in [0.5, 0.6) is 0 Å². The molecular formula is C19H14FN3O2S. The number of benzene rings is 2. The van der Waals surface area contributed by atoms with Crippen molar-refractivity contribution in [3.8, 4) is 0 Å². The first-order chi connectivity index (χ1) is 12.6. The van der Waals surface area contributed by atoms with E-state index in [2.05, 4.69) is 15.8 Å². The molecule has 0 saturated carbocycles. The Labute approximate surface area is 153 Å². The van der Waals surface area contributed by atoms with Gasteiger partial charge in [-0.25, -0.2) is 9.82 Å². The van der Waals surface area contributed by atoms with Crippen molar-refractivity contribution in [1.29, 1.82) is 0 Å². The molecule has 0 radical (unpaired) electrons. The molecule has 0 atom stereocenters. The highest BCUT2D eigenvalue weighted by molar-refractivity contribution is 7.12. The fraction of sp³-hybridized carbons (Fsp3) is 0. The van der Waals surface area contributed by atoms with Crippen molar-refractivity contribution in [1.82, 2.24) is 5.43 Å². The predicted octanol–water partition coefficient (Wildman–Crippen LogP) is 3.90. The van der Waals surface area contributed by atoms with Crippen LogP contribution in [0.1, 0.15) is 25.6 Å². The van der Waals surface area contributed by atoms with Crippen LogP contribution in [-0.2, 0) is 0 Å². The van der Waals surface area contributed by atoms with Gasteiger partial charge in [0.15, 0.2) is 0 Å². The number of hydrazone groups is 1. The minimum Gasteiger partial charge on any atom is -0.321 e. The fourth-order valence-corrected chi connectivity index (χ4v) is 2.73. The summed E-state index contributed by atoms with van der Waals surface area (Å²) in [6.45, 7) is 0. The zero-order valence-corrected chi connectivity index (χ0v) is 14.3. The predicted molar refractivity (Wildman–Crippen MR) is 100 cm³/mol. The summed E-state index contributed by atoms with van der Waals surface area (Å²) in [5.74, 6) is -1.15. The topological polar surface area (TPSA) is 70.6 Å². The van der Waals surface area contributed by atoms with Crippen molar-refractivity contribution in [2.75, 3.05) is 5.32 Å². The van der Waals surface area contributed by atoms with E-state index < -0.39 is 11.7 Å². The van der Waals surface area contributed by atoms with Crippen LogP contribution in [0.2, 0.25) is 0 Å². The number of amides is 2. The molecule has 0 unspecified atom stereocenters. The molecule has 0 aliphatic heterocycles. The summed E-state index contributed by atoms with van der Waals surface area (Å²) in [7, 11) is 0. The normalized spacial score (nSPS) is 10.7. The van der Waals surface area contributed by atoms with Crippen LogP contribution in [-0.4, -0.2) is 18.0 Å². The highest BCUT2D eigenvalue weighted by Gasteiger charge is 2.06. The molecule has 2 amide bonds. The van der Waals surface area contributed by atoms with Crippen LogP contribution in [0, 0.1) is 5.82 Å². The minimum atomic E-state index is -0.499. The number of nitrogens with zero attached hydrogens (tertiary/aromatic N) is 1. The number of rotatable bonds is 5. The summed E-state index contributed by atoms with van der Waals surface area (Å²) in [6, 6.07) is 15.9. The Morgan fingerprint density at radius 1 is 1.00 bits per heavy atom. The minimum absolute atomic E-state index is 0.163. The molecule has 3 rings (SSSR count). The van der Waals surface area contributed by atoms with E-state index in [4.69, 9.17) is 0 Å². The Morgan fingerprint density at radius 3 is 2.50 bits per heavy atom. The molecule has 0 spiro atoms. The highest BCUT2D eigenvalue weighted by atomic mass is 32.1. The zero-order valence-electron chi connectivity index (χ0n) is 13.5. The largest absolute Gasteiger partial charge is 0.321 e. The number of nitrogens with one attached hydrogen (secondary N) is 2. The third-order valence-electron chi connectivity index (χ3n) is 3.38. The number of anilines is 1. The third-order valence-corrected chi connectivity index (χ3v) is 4.25. The Balaban J connectivity index is 1.56. The van der Waals surface area contributed by atoms with Gasteiger partial charge in [0.2, 0.25) is 0 Å². The number of hydrogen-bond acceptors (Lipinski definition) is 4. The van der Waals surface area contributed by atoms with Gasteiger partial charge in [0.05, 0.1) is 11.1 Å². The second kappa shape index (κ2) is 8.17. The lowest BCUT2D eigenvalue weighted by Gasteiger charge is -2.04. The number of thiophene rings is 1. The molecule has 5 nitrogen and oxygen atoms in total. The number of carbonyl (C=O) groups excluding carboxylic acids is 2. The van der Waals surface area contributed by atoms with Gasteiger partial charge < -0.3 is 5.32 Å². The smallest absolute Gasteiger partial charge is 0.271 e. The molecule has 1 heterocycles. The lowest BCUT2D eigenvalue weighted by molar-refractivity contribution is 0.0954. The van der Waals surface area contributed by atoms with Gasteiger partial charge in [0.25, 0.3) is 11.8 Å². The van der Waals surface area contributed by atoms with E-state index in [-0.39, 0.29) is 11.5 Å². The fourth-order valence-electron chi connectivity index (χ4n) is 2.11. The average molecular weight is 367 g/mol. The first-order valence-electron chi connectivity index (χ1n) is 7.66. The first kappa shape index (κ1) is 17.5. The van der Waals surface area contributed by atoms with Gasteiger partial charge in [-0.05, 0) is 47.3 Å². The maximum absolute atomic E-state index is 13.1. The number of halogens is 1. The average Bonchev–Trinajstić information content (AvgIpc) is 3.18. The molecule has 7 heteroatoms. The van der Waals surface area contributed by atoms with Crippen LogP contribution in [0.4, 0.5) is 10.1 Å². The molecule has 0 fully saturated rings. The van der Waals surface area contributed by atoms with Gasteiger partial charge in [-0.15, -0.1) is 11.3 Å². The van der Waals surface area contributed by atoms with Gasteiger partial charge in [-0.3, -0.25) is 9.59 Å². The molecule has 130 valence electrons. The van der Waals surface area contributed by atoms with Crippen LogP contribution in [0.15, 0.2) is 71.1 Å². The molecule has 0 aliphatic carbocycles. The Bertz CT molecular complexity index is 938. The van der Waals surface area contributed by atoms with Crippen molar-refractivity contribution in [3.63, 3.8) is 0 Å². The highest BCUT2D eigenvalue weighted by Crippen LogP contribution is 2.13. The van der Waals surface area contributed by atoms with Gasteiger partial charge in [-0.1, -0.05) is 24.3 Å². The van der Waals surface area contributed by atoms with Crippen molar-refractivity contribution in [2.24, 2.45) is 5.10 Å². The van der Waals surface area contributed by atoms with Crippen LogP contribution < -0.4 is 10.7 Å². The van der Waals surface area contributed by atoms with Crippen molar-refractivity contribution in [2.45, 2.75) is 0 Å². The van der Waals surface area contributed by atoms with Crippen LogP contribution in [0.3, 0.4) is 0 Å². The maximum atomic E-state index is 13.1.